The summed E-state index contributed by atoms with van der Waals surface area (Å²) in [4.78, 5) is 0. The summed E-state index contributed by atoms with van der Waals surface area (Å²) >= 11 is 11.8. The third-order valence-electron chi connectivity index (χ3n) is 2.58. The molecule has 3 heteroatoms. The minimum atomic E-state index is 0.241. The van der Waals surface area contributed by atoms with Crippen LogP contribution in [0.2, 0.25) is 10.0 Å². The maximum atomic E-state index is 5.98. The molecule has 2 atom stereocenters. The van der Waals surface area contributed by atoms with E-state index in [-0.39, 0.29) is 5.92 Å². The maximum Gasteiger partial charge on any atom is 0.0595 e. The predicted octanol–water partition coefficient (Wildman–Crippen LogP) is 3.87. The van der Waals surface area contributed by atoms with Crippen LogP contribution in [0.4, 0.5) is 0 Å². The minimum absolute atomic E-state index is 0.241. The summed E-state index contributed by atoms with van der Waals surface area (Å²) in [5, 5.41) is 4.37. The maximum absolute atomic E-state index is 5.98. The van der Waals surface area contributed by atoms with Crippen LogP contribution in [-0.4, -0.2) is 13.1 Å². The Bertz CT molecular complexity index is 349. The Morgan fingerprint density at radius 2 is 2.00 bits per heavy atom. The standard InChI is InChI=1S/C12H15Cl2N/c1-4-10(8(2)15-3)9-5-6-11(13)12(14)7-9/h4-8,10,15H,1H2,2-3H3/t8?,10-/m1/s1. The fourth-order valence-corrected chi connectivity index (χ4v) is 1.83. The van der Waals surface area contributed by atoms with Gasteiger partial charge in [0.15, 0.2) is 0 Å². The number of rotatable bonds is 4. The highest BCUT2D eigenvalue weighted by Crippen LogP contribution is 2.28. The molecule has 1 nitrogen and oxygen atoms in total. The van der Waals surface area contributed by atoms with Gasteiger partial charge in [-0.1, -0.05) is 35.3 Å². The van der Waals surface area contributed by atoms with Crippen molar-refractivity contribution in [3.05, 3.63) is 46.5 Å². The van der Waals surface area contributed by atoms with E-state index in [1.54, 1.807) is 0 Å². The van der Waals surface area contributed by atoms with Crippen LogP contribution in [0.1, 0.15) is 18.4 Å². The zero-order valence-corrected chi connectivity index (χ0v) is 10.4. The van der Waals surface area contributed by atoms with Crippen molar-refractivity contribution in [2.45, 2.75) is 18.9 Å². The average Bonchev–Trinajstić information content (AvgIpc) is 2.24. The summed E-state index contributed by atoms with van der Waals surface area (Å²) in [6.07, 6.45) is 1.92. The summed E-state index contributed by atoms with van der Waals surface area (Å²) < 4.78 is 0. The molecule has 0 amide bonds. The molecular weight excluding hydrogens is 229 g/mol. The van der Waals surface area contributed by atoms with Crippen LogP contribution in [0.25, 0.3) is 0 Å². The zero-order chi connectivity index (χ0) is 11.4. The molecule has 1 N–H and O–H groups in total. The lowest BCUT2D eigenvalue weighted by Crippen LogP contribution is -2.27. The van der Waals surface area contributed by atoms with Crippen molar-refractivity contribution in [3.8, 4) is 0 Å². The third kappa shape index (κ3) is 2.97. The lowest BCUT2D eigenvalue weighted by molar-refractivity contribution is 0.558. The first kappa shape index (κ1) is 12.6. The molecule has 82 valence electrons. The molecule has 0 saturated heterocycles. The van der Waals surface area contributed by atoms with Gasteiger partial charge in [-0.05, 0) is 31.7 Å². The van der Waals surface area contributed by atoms with Crippen molar-refractivity contribution < 1.29 is 0 Å². The molecular formula is C12H15Cl2N. The first-order chi connectivity index (χ1) is 7.10. The summed E-state index contributed by atoms with van der Waals surface area (Å²) in [7, 11) is 1.93. The van der Waals surface area contributed by atoms with Crippen molar-refractivity contribution in [1.29, 1.82) is 0 Å². The SMILES string of the molecule is C=C[C@@H](c1ccc(Cl)c(Cl)c1)C(C)NC. The second-order valence-corrected chi connectivity index (χ2v) is 4.33. The van der Waals surface area contributed by atoms with Gasteiger partial charge in [0, 0.05) is 12.0 Å². The van der Waals surface area contributed by atoms with Crippen LogP contribution in [0, 0.1) is 0 Å². The van der Waals surface area contributed by atoms with E-state index >= 15 is 0 Å². The van der Waals surface area contributed by atoms with Crippen LogP contribution in [-0.2, 0) is 0 Å². The van der Waals surface area contributed by atoms with E-state index in [0.29, 0.717) is 16.1 Å². The van der Waals surface area contributed by atoms with Gasteiger partial charge in [0.2, 0.25) is 0 Å². The fourth-order valence-electron chi connectivity index (χ4n) is 1.53. The molecule has 15 heavy (non-hydrogen) atoms. The normalized spacial score (nSPS) is 14.7. The van der Waals surface area contributed by atoms with Crippen molar-refractivity contribution in [3.63, 3.8) is 0 Å². The Morgan fingerprint density at radius 3 is 2.47 bits per heavy atom. The number of hydrogen-bond donors (Lipinski definition) is 1. The summed E-state index contributed by atoms with van der Waals surface area (Å²) in [5.74, 6) is 0.241. The molecule has 0 saturated carbocycles. The molecule has 1 aromatic carbocycles. The van der Waals surface area contributed by atoms with Crippen LogP contribution < -0.4 is 5.32 Å². The van der Waals surface area contributed by atoms with Crippen molar-refractivity contribution in [2.24, 2.45) is 0 Å². The highest BCUT2D eigenvalue weighted by Gasteiger charge is 2.15. The lowest BCUT2D eigenvalue weighted by Gasteiger charge is -2.20. The molecule has 0 aromatic heterocycles. The number of benzene rings is 1. The number of nitrogens with one attached hydrogen (secondary N) is 1. The fraction of sp³-hybridized carbons (Fsp3) is 0.333. The van der Waals surface area contributed by atoms with E-state index in [0.717, 1.165) is 5.56 Å². The molecule has 0 aliphatic rings. The second-order valence-electron chi connectivity index (χ2n) is 3.51. The summed E-state index contributed by atoms with van der Waals surface area (Å²) in [6.45, 7) is 5.95. The molecule has 0 heterocycles. The largest absolute Gasteiger partial charge is 0.316 e. The van der Waals surface area contributed by atoms with Gasteiger partial charge in [-0.25, -0.2) is 0 Å². The van der Waals surface area contributed by atoms with Gasteiger partial charge in [-0.3, -0.25) is 0 Å². The molecule has 1 rings (SSSR count). The molecule has 0 bridgehead atoms. The molecule has 1 aromatic rings. The second kappa shape index (κ2) is 5.55. The van der Waals surface area contributed by atoms with E-state index in [9.17, 15) is 0 Å². The van der Waals surface area contributed by atoms with Crippen LogP contribution in [0.3, 0.4) is 0 Å². The Labute approximate surface area is 101 Å². The Hall–Kier alpha value is -0.500. The smallest absolute Gasteiger partial charge is 0.0595 e. The van der Waals surface area contributed by atoms with Crippen LogP contribution >= 0.6 is 23.2 Å². The Morgan fingerprint density at radius 1 is 1.33 bits per heavy atom. The molecule has 0 fully saturated rings. The van der Waals surface area contributed by atoms with Gasteiger partial charge < -0.3 is 5.32 Å². The third-order valence-corrected chi connectivity index (χ3v) is 3.32. The van der Waals surface area contributed by atoms with Gasteiger partial charge in [0.25, 0.3) is 0 Å². The molecule has 0 spiro atoms. The number of likely N-dealkylation sites (N-methyl/N-ethyl adjacent to an activating group) is 1. The zero-order valence-electron chi connectivity index (χ0n) is 8.93. The number of hydrogen-bond acceptors (Lipinski definition) is 1. The molecule has 1 unspecified atom stereocenters. The highest BCUT2D eigenvalue weighted by molar-refractivity contribution is 6.42. The van der Waals surface area contributed by atoms with E-state index < -0.39 is 0 Å². The quantitative estimate of drug-likeness (QED) is 0.793. The average molecular weight is 244 g/mol. The number of halogens is 2. The topological polar surface area (TPSA) is 12.0 Å². The van der Waals surface area contributed by atoms with Crippen LogP contribution in [0.5, 0.6) is 0 Å². The van der Waals surface area contributed by atoms with Gasteiger partial charge >= 0.3 is 0 Å². The summed E-state index contributed by atoms with van der Waals surface area (Å²) in [5.41, 5.74) is 1.13. The summed E-state index contributed by atoms with van der Waals surface area (Å²) in [6, 6.07) is 6.01. The van der Waals surface area contributed by atoms with Gasteiger partial charge in [0.1, 0.15) is 0 Å². The van der Waals surface area contributed by atoms with Gasteiger partial charge in [-0.2, -0.15) is 0 Å². The van der Waals surface area contributed by atoms with E-state index in [1.807, 2.05) is 31.3 Å². The first-order valence-electron chi connectivity index (χ1n) is 4.85. The lowest BCUT2D eigenvalue weighted by atomic mass is 9.93. The molecule has 0 aliphatic carbocycles. The minimum Gasteiger partial charge on any atom is -0.316 e. The Balaban J connectivity index is 3.02. The van der Waals surface area contributed by atoms with Gasteiger partial charge in [-0.15, -0.1) is 6.58 Å². The van der Waals surface area contributed by atoms with Crippen molar-refractivity contribution in [2.75, 3.05) is 7.05 Å². The highest BCUT2D eigenvalue weighted by atomic mass is 35.5. The Kier molecular flexibility index (Phi) is 4.65. The first-order valence-corrected chi connectivity index (χ1v) is 5.60. The van der Waals surface area contributed by atoms with Crippen molar-refractivity contribution in [1.82, 2.24) is 5.32 Å². The predicted molar refractivity (Wildman–Crippen MR) is 67.9 cm³/mol. The van der Waals surface area contributed by atoms with E-state index in [4.69, 9.17) is 23.2 Å². The molecule has 0 aliphatic heterocycles. The monoisotopic (exact) mass is 243 g/mol. The van der Waals surface area contributed by atoms with Crippen LogP contribution in [0.15, 0.2) is 30.9 Å². The van der Waals surface area contributed by atoms with E-state index in [1.165, 1.54) is 0 Å². The molecule has 0 radical (unpaired) electrons. The van der Waals surface area contributed by atoms with Gasteiger partial charge in [0.05, 0.1) is 10.0 Å². The van der Waals surface area contributed by atoms with Crippen molar-refractivity contribution >= 4 is 23.2 Å². The van der Waals surface area contributed by atoms with E-state index in [2.05, 4.69) is 18.8 Å².